The smallest absolute Gasteiger partial charge is 0.291 e. The molecule has 0 rings (SSSR count). The highest BCUT2D eigenvalue weighted by atomic mass is 16.6. The second-order valence-electron chi connectivity index (χ2n) is 1.04. The zero-order valence-corrected chi connectivity index (χ0v) is 3.88. The number of nitro groups is 1. The van der Waals surface area contributed by atoms with Gasteiger partial charge in [0.1, 0.15) is 0 Å². The molecule has 0 aliphatic heterocycles. The Morgan fingerprint density at radius 1 is 2.12 bits per heavy atom. The average molecular weight is 121 g/mol. The van der Waals surface area contributed by atoms with Gasteiger partial charge in [0.25, 0.3) is 12.5 Å². The maximum atomic E-state index is 10.4. The Kier molecular flexibility index (Phi) is 1.11. The topological polar surface area (TPSA) is 72.2 Å². The Morgan fingerprint density at radius 3 is 3.12 bits per heavy atom. The average Bonchev–Trinajstić information content (AvgIpc) is 1.53. The standard InChI is InChI=1S/C3H6N2O3/c1-4-3(6)2-5(7)8/h2H2,1H3,(H,4,6)/i1D3. The number of rotatable bonds is 2. The predicted molar refractivity (Wildman–Crippen MR) is 25.9 cm³/mol. The lowest BCUT2D eigenvalue weighted by Gasteiger charge is -1.88. The van der Waals surface area contributed by atoms with Crippen LogP contribution in [0.5, 0.6) is 0 Å². The van der Waals surface area contributed by atoms with E-state index in [4.69, 9.17) is 4.11 Å². The largest absolute Gasteiger partial charge is 0.353 e. The molecule has 8 heavy (non-hydrogen) atoms. The molecule has 5 heteroatoms. The molecule has 0 radical (unpaired) electrons. The van der Waals surface area contributed by atoms with Gasteiger partial charge in [-0.25, -0.2) is 0 Å². The Bertz CT molecular complexity index is 177. The molecule has 0 saturated heterocycles. The molecule has 0 heterocycles. The number of likely N-dealkylation sites (N-methyl/N-ethyl adjacent to an activating group) is 1. The highest BCUT2D eigenvalue weighted by molar-refractivity contribution is 5.76. The van der Waals surface area contributed by atoms with Crippen molar-refractivity contribution in [3.05, 3.63) is 10.1 Å². The minimum atomic E-state index is -2.65. The molecule has 0 fully saturated rings. The molecule has 0 aliphatic rings. The molecule has 0 spiro atoms. The van der Waals surface area contributed by atoms with Crippen molar-refractivity contribution in [1.29, 1.82) is 0 Å². The van der Waals surface area contributed by atoms with Crippen LogP contribution in [0.25, 0.3) is 0 Å². The SMILES string of the molecule is [2H]C([2H])([2H])NC(=O)C[N+](=O)[O-]. The summed E-state index contributed by atoms with van der Waals surface area (Å²) in [4.78, 5) is 19.1. The van der Waals surface area contributed by atoms with Gasteiger partial charge in [-0.05, 0) is 0 Å². The first-order chi connectivity index (χ1) is 4.81. The summed E-state index contributed by atoms with van der Waals surface area (Å²) in [6, 6.07) is 0. The first kappa shape index (κ1) is 3.01. The van der Waals surface area contributed by atoms with E-state index in [2.05, 4.69) is 0 Å². The van der Waals surface area contributed by atoms with Gasteiger partial charge >= 0.3 is 0 Å². The van der Waals surface area contributed by atoms with E-state index in [1.54, 1.807) is 0 Å². The summed E-state index contributed by atoms with van der Waals surface area (Å²) in [6.45, 7) is -3.66. The van der Waals surface area contributed by atoms with Crippen LogP contribution in [0.3, 0.4) is 0 Å². The fourth-order valence-electron chi connectivity index (χ4n) is 0.157. The van der Waals surface area contributed by atoms with E-state index >= 15 is 0 Å². The maximum Gasteiger partial charge on any atom is 0.291 e. The van der Waals surface area contributed by atoms with Gasteiger partial charge in [0.05, 0.1) is 0 Å². The van der Waals surface area contributed by atoms with Crippen molar-refractivity contribution in [2.45, 2.75) is 0 Å². The molecule has 0 atom stereocenters. The Hall–Kier alpha value is -1.13. The lowest BCUT2D eigenvalue weighted by Crippen LogP contribution is -2.25. The van der Waals surface area contributed by atoms with Gasteiger partial charge in [0, 0.05) is 16.0 Å². The van der Waals surface area contributed by atoms with Crippen LogP contribution in [-0.4, -0.2) is 24.4 Å². The van der Waals surface area contributed by atoms with E-state index in [9.17, 15) is 14.9 Å². The molecule has 46 valence electrons. The quantitative estimate of drug-likeness (QED) is 0.376. The number of carbonyl (C=O) groups is 1. The second-order valence-corrected chi connectivity index (χ2v) is 1.04. The van der Waals surface area contributed by atoms with Crippen LogP contribution in [0.4, 0.5) is 0 Å². The van der Waals surface area contributed by atoms with Crippen LogP contribution in [0.15, 0.2) is 0 Å². The first-order valence-corrected chi connectivity index (χ1v) is 1.74. The molecule has 0 bridgehead atoms. The lowest BCUT2D eigenvalue weighted by atomic mass is 10.6. The second kappa shape index (κ2) is 2.95. The van der Waals surface area contributed by atoms with E-state index in [0.717, 1.165) is 0 Å². The minimum Gasteiger partial charge on any atom is -0.353 e. The molecule has 0 aromatic carbocycles. The molecule has 0 unspecified atom stereocenters. The first-order valence-electron chi connectivity index (χ1n) is 3.24. The zero-order valence-electron chi connectivity index (χ0n) is 6.88. The number of hydrogen-bond donors (Lipinski definition) is 1. The molecule has 0 aliphatic carbocycles. The van der Waals surface area contributed by atoms with E-state index in [-0.39, 0.29) is 0 Å². The third-order valence-corrected chi connectivity index (χ3v) is 0.412. The van der Waals surface area contributed by atoms with Gasteiger partial charge in [-0.15, -0.1) is 0 Å². The van der Waals surface area contributed by atoms with E-state index in [1.807, 2.05) is 0 Å². The summed E-state index contributed by atoms with van der Waals surface area (Å²) in [5, 5.41) is 11.1. The van der Waals surface area contributed by atoms with Crippen molar-refractivity contribution in [3.63, 3.8) is 0 Å². The van der Waals surface area contributed by atoms with E-state index < -0.39 is 24.4 Å². The van der Waals surface area contributed by atoms with Crippen molar-refractivity contribution in [1.82, 2.24) is 5.32 Å². The van der Waals surface area contributed by atoms with Crippen LogP contribution >= 0.6 is 0 Å². The number of carbonyl (C=O) groups excluding carboxylic acids is 1. The van der Waals surface area contributed by atoms with Crippen molar-refractivity contribution in [2.75, 3.05) is 13.5 Å². The number of hydrogen-bond acceptors (Lipinski definition) is 3. The van der Waals surface area contributed by atoms with Gasteiger partial charge in [-0.3, -0.25) is 14.9 Å². The van der Waals surface area contributed by atoms with Gasteiger partial charge in [-0.2, -0.15) is 0 Å². The lowest BCUT2D eigenvalue weighted by molar-refractivity contribution is -0.467. The third-order valence-electron chi connectivity index (χ3n) is 0.412. The van der Waals surface area contributed by atoms with Gasteiger partial charge in [0.15, 0.2) is 0 Å². The van der Waals surface area contributed by atoms with Gasteiger partial charge in [-0.1, -0.05) is 0 Å². The van der Waals surface area contributed by atoms with Crippen molar-refractivity contribution in [2.24, 2.45) is 0 Å². The highest BCUT2D eigenvalue weighted by Gasteiger charge is 2.03. The van der Waals surface area contributed by atoms with Crippen molar-refractivity contribution >= 4 is 5.91 Å². The predicted octanol–water partition coefficient (Wildman–Crippen LogP) is -0.991. The molecule has 5 nitrogen and oxygen atoms in total. The van der Waals surface area contributed by atoms with Crippen LogP contribution in [0, 0.1) is 10.1 Å². The molecule has 0 aromatic rings. The molecule has 1 amide bonds. The fraction of sp³-hybridized carbons (Fsp3) is 0.667. The van der Waals surface area contributed by atoms with E-state index in [0.29, 0.717) is 0 Å². The molecular formula is C3H6N2O3. The molecule has 0 saturated carbocycles. The van der Waals surface area contributed by atoms with Crippen molar-refractivity contribution < 1.29 is 13.8 Å². The van der Waals surface area contributed by atoms with Crippen LogP contribution in [0.2, 0.25) is 0 Å². The molecular weight excluding hydrogens is 112 g/mol. The summed E-state index contributed by atoms with van der Waals surface area (Å²) in [5.74, 6) is -1.12. The number of nitrogens with zero attached hydrogens (tertiary/aromatic N) is 1. The Morgan fingerprint density at radius 2 is 2.75 bits per heavy atom. The fourth-order valence-corrected chi connectivity index (χ4v) is 0.157. The number of amides is 1. The van der Waals surface area contributed by atoms with Crippen LogP contribution in [-0.2, 0) is 4.79 Å². The summed E-state index contributed by atoms with van der Waals surface area (Å²) in [6.07, 6.45) is 0. The Balaban J connectivity index is 3.80. The zero-order chi connectivity index (χ0) is 9.07. The minimum absolute atomic E-state index is 0.902. The highest BCUT2D eigenvalue weighted by Crippen LogP contribution is 1.65. The number of nitrogens with one attached hydrogen (secondary N) is 1. The summed E-state index contributed by atoms with van der Waals surface area (Å²) in [5.41, 5.74) is 0. The van der Waals surface area contributed by atoms with Gasteiger partial charge in [0.2, 0.25) is 0 Å². The molecule has 0 aromatic heterocycles. The molecule has 1 N–H and O–H groups in total. The summed E-state index contributed by atoms with van der Waals surface area (Å²) < 4.78 is 19.5. The summed E-state index contributed by atoms with van der Waals surface area (Å²) >= 11 is 0. The summed E-state index contributed by atoms with van der Waals surface area (Å²) in [7, 11) is 0. The van der Waals surface area contributed by atoms with Crippen LogP contribution in [0.1, 0.15) is 4.11 Å². The van der Waals surface area contributed by atoms with Gasteiger partial charge < -0.3 is 5.32 Å². The third kappa shape index (κ3) is 3.08. The van der Waals surface area contributed by atoms with Crippen LogP contribution < -0.4 is 5.32 Å². The van der Waals surface area contributed by atoms with Crippen molar-refractivity contribution in [3.8, 4) is 0 Å². The normalized spacial score (nSPS) is 15.2. The maximum absolute atomic E-state index is 10.4. The Labute approximate surface area is 50.0 Å². The monoisotopic (exact) mass is 121 g/mol. The van der Waals surface area contributed by atoms with E-state index in [1.165, 1.54) is 5.32 Å².